The molecule has 2 N–H and O–H groups in total. The monoisotopic (exact) mass is 324 g/mol. The zero-order chi connectivity index (χ0) is 17.6. The molecule has 0 atom stereocenters. The number of nitrogens with one attached hydrogen (secondary N) is 1. The predicted molar refractivity (Wildman–Crippen MR) is 75.8 cm³/mol. The summed E-state index contributed by atoms with van der Waals surface area (Å²) >= 11 is 0. The molecule has 0 aliphatic carbocycles. The first-order chi connectivity index (χ1) is 10.8. The fraction of sp³-hybridized carbons (Fsp3) is 0.154. The third kappa shape index (κ3) is 4.52. The number of carboxylic acids is 1. The van der Waals surface area contributed by atoms with Gasteiger partial charge in [0.05, 0.1) is 36.5 Å². The summed E-state index contributed by atoms with van der Waals surface area (Å²) in [5.74, 6) is -3.27. The number of anilines is 1. The molecule has 1 aromatic rings. The van der Waals surface area contributed by atoms with Gasteiger partial charge in [0.15, 0.2) is 0 Å². The fourth-order valence-corrected chi connectivity index (χ4v) is 1.51. The Morgan fingerprint density at radius 1 is 1.26 bits per heavy atom. The van der Waals surface area contributed by atoms with Crippen LogP contribution >= 0.6 is 0 Å². The van der Waals surface area contributed by atoms with Crippen LogP contribution in [0.1, 0.15) is 10.4 Å². The first kappa shape index (κ1) is 17.6. The third-order valence-electron chi connectivity index (χ3n) is 2.58. The molecule has 23 heavy (non-hydrogen) atoms. The van der Waals surface area contributed by atoms with Crippen molar-refractivity contribution in [3.05, 3.63) is 45.6 Å². The zero-order valence-electron chi connectivity index (χ0n) is 12.1. The lowest BCUT2D eigenvalue weighted by Gasteiger charge is -2.11. The Kier molecular flexibility index (Phi) is 5.78. The van der Waals surface area contributed by atoms with E-state index in [9.17, 15) is 24.5 Å². The van der Waals surface area contributed by atoms with Gasteiger partial charge in [0.1, 0.15) is 5.70 Å². The molecule has 0 spiro atoms. The van der Waals surface area contributed by atoms with E-state index in [2.05, 4.69) is 14.8 Å². The molecule has 10 nitrogen and oxygen atoms in total. The topological polar surface area (TPSA) is 145 Å². The van der Waals surface area contributed by atoms with Crippen molar-refractivity contribution in [2.24, 2.45) is 0 Å². The molecule has 1 aromatic carbocycles. The average molecular weight is 324 g/mol. The van der Waals surface area contributed by atoms with Crippen molar-refractivity contribution in [2.45, 2.75) is 0 Å². The maximum atomic E-state index is 11.6. The molecule has 0 aromatic heterocycles. The van der Waals surface area contributed by atoms with Crippen molar-refractivity contribution >= 4 is 29.3 Å². The van der Waals surface area contributed by atoms with Crippen LogP contribution in [0.4, 0.5) is 11.4 Å². The number of carbonyl (C=O) groups excluding carboxylic acids is 2. The number of hydrogen-bond donors (Lipinski definition) is 2. The predicted octanol–water partition coefficient (Wildman–Crippen LogP) is 0.935. The Balaban J connectivity index is 3.35. The molecule has 122 valence electrons. The van der Waals surface area contributed by atoms with Crippen LogP contribution in [0, 0.1) is 10.1 Å². The van der Waals surface area contributed by atoms with Gasteiger partial charge in [-0.05, 0) is 6.07 Å². The van der Waals surface area contributed by atoms with E-state index < -0.39 is 34.2 Å². The number of aromatic carboxylic acids is 1. The summed E-state index contributed by atoms with van der Waals surface area (Å²) in [6, 6.07) is 2.91. The number of esters is 2. The summed E-state index contributed by atoms with van der Waals surface area (Å²) < 4.78 is 8.81. The second-order valence-corrected chi connectivity index (χ2v) is 3.99. The molecule has 0 aliphatic heterocycles. The van der Waals surface area contributed by atoms with Crippen LogP contribution in [0.5, 0.6) is 0 Å². The van der Waals surface area contributed by atoms with Crippen LogP contribution in [-0.2, 0) is 19.1 Å². The summed E-state index contributed by atoms with van der Waals surface area (Å²) in [5.41, 5.74) is -1.44. The minimum Gasteiger partial charge on any atom is -0.478 e. The number of nitro benzene ring substituents is 1. The van der Waals surface area contributed by atoms with Gasteiger partial charge in [-0.3, -0.25) is 10.1 Å². The molecule has 0 radical (unpaired) electrons. The van der Waals surface area contributed by atoms with E-state index in [-0.39, 0.29) is 11.3 Å². The van der Waals surface area contributed by atoms with Crippen LogP contribution in [0.25, 0.3) is 0 Å². The molecule has 0 aliphatic rings. The molecule has 1 rings (SSSR count). The highest BCUT2D eigenvalue weighted by Crippen LogP contribution is 2.24. The quantitative estimate of drug-likeness (QED) is 0.338. The van der Waals surface area contributed by atoms with Gasteiger partial charge >= 0.3 is 17.9 Å². The van der Waals surface area contributed by atoms with Gasteiger partial charge in [0.25, 0.3) is 5.69 Å². The highest BCUT2D eigenvalue weighted by atomic mass is 16.6. The lowest BCUT2D eigenvalue weighted by atomic mass is 10.1. The first-order valence-electron chi connectivity index (χ1n) is 5.96. The van der Waals surface area contributed by atoms with Gasteiger partial charge in [0, 0.05) is 12.1 Å². The number of carboxylic acid groups (broad SMARTS) is 1. The van der Waals surface area contributed by atoms with Gasteiger partial charge in [-0.25, -0.2) is 14.4 Å². The van der Waals surface area contributed by atoms with Crippen molar-refractivity contribution < 1.29 is 33.9 Å². The molecule has 0 unspecified atom stereocenters. The number of non-ortho nitro benzene ring substituents is 1. The minimum atomic E-state index is -1.38. The minimum absolute atomic E-state index is 0.257. The number of ether oxygens (including phenoxy) is 2. The summed E-state index contributed by atoms with van der Waals surface area (Å²) in [5, 5.41) is 22.2. The van der Waals surface area contributed by atoms with E-state index in [1.807, 2.05) is 0 Å². The van der Waals surface area contributed by atoms with Crippen molar-refractivity contribution in [1.82, 2.24) is 0 Å². The number of methoxy groups -OCH3 is 2. The Labute approximate surface area is 129 Å². The number of benzene rings is 1. The molecule has 0 saturated heterocycles. The Bertz CT molecular complexity index is 695. The largest absolute Gasteiger partial charge is 0.478 e. The number of nitrogens with zero attached hydrogens (tertiary/aromatic N) is 1. The summed E-state index contributed by atoms with van der Waals surface area (Å²) in [4.78, 5) is 44.1. The molecular formula is C13H12N2O8. The summed E-state index contributed by atoms with van der Waals surface area (Å²) in [6.07, 6.45) is 0.732. The van der Waals surface area contributed by atoms with Crippen molar-refractivity contribution in [2.75, 3.05) is 19.5 Å². The van der Waals surface area contributed by atoms with Crippen LogP contribution < -0.4 is 5.32 Å². The maximum Gasteiger partial charge on any atom is 0.354 e. The van der Waals surface area contributed by atoms with E-state index >= 15 is 0 Å². The van der Waals surface area contributed by atoms with Crippen LogP contribution in [0.3, 0.4) is 0 Å². The first-order valence-corrected chi connectivity index (χ1v) is 5.96. The highest BCUT2D eigenvalue weighted by Gasteiger charge is 2.19. The molecule has 0 saturated carbocycles. The Hall–Kier alpha value is -3.43. The smallest absolute Gasteiger partial charge is 0.354 e. The van der Waals surface area contributed by atoms with Crippen molar-refractivity contribution in [1.29, 1.82) is 0 Å². The number of rotatable bonds is 6. The third-order valence-corrected chi connectivity index (χ3v) is 2.58. The van der Waals surface area contributed by atoms with Crippen LogP contribution in [0.2, 0.25) is 0 Å². The lowest BCUT2D eigenvalue weighted by molar-refractivity contribution is -0.384. The second-order valence-electron chi connectivity index (χ2n) is 3.99. The fourth-order valence-electron chi connectivity index (χ4n) is 1.51. The normalized spacial score (nSPS) is 10.6. The van der Waals surface area contributed by atoms with E-state index in [0.717, 1.165) is 38.5 Å². The summed E-state index contributed by atoms with van der Waals surface area (Å²) in [6.45, 7) is 0. The van der Waals surface area contributed by atoms with Crippen LogP contribution in [0.15, 0.2) is 30.0 Å². The molecule has 10 heteroatoms. The maximum absolute atomic E-state index is 11.6. The second kappa shape index (κ2) is 7.54. The van der Waals surface area contributed by atoms with Gasteiger partial charge in [-0.15, -0.1) is 0 Å². The summed E-state index contributed by atoms with van der Waals surface area (Å²) in [7, 11) is 2.12. The molecule has 0 amide bonds. The van der Waals surface area contributed by atoms with Gasteiger partial charge in [0.2, 0.25) is 0 Å². The van der Waals surface area contributed by atoms with E-state index in [4.69, 9.17) is 5.11 Å². The lowest BCUT2D eigenvalue weighted by Crippen LogP contribution is -2.17. The molecule has 0 bridgehead atoms. The number of carbonyl (C=O) groups is 3. The van der Waals surface area contributed by atoms with E-state index in [1.165, 1.54) is 0 Å². The average Bonchev–Trinajstić information content (AvgIpc) is 2.52. The standard InChI is InChI=1S/C13H12N2O8/c1-22-11(16)6-10(13(19)23-2)14-9-5-7(15(20)21)3-4-8(9)12(17)18/h3-6,14H,1-2H3,(H,17,18)/b10-6+. The number of nitro groups is 1. The molecule has 0 heterocycles. The van der Waals surface area contributed by atoms with Crippen molar-refractivity contribution in [3.8, 4) is 0 Å². The Morgan fingerprint density at radius 2 is 1.91 bits per heavy atom. The van der Waals surface area contributed by atoms with E-state index in [0.29, 0.717) is 0 Å². The zero-order valence-corrected chi connectivity index (χ0v) is 12.1. The SMILES string of the molecule is COC(=O)/C=C(/Nc1cc([N+](=O)[O-])ccc1C(=O)O)C(=O)OC. The van der Waals surface area contributed by atoms with Gasteiger partial charge in [-0.2, -0.15) is 0 Å². The van der Waals surface area contributed by atoms with Crippen molar-refractivity contribution in [3.63, 3.8) is 0 Å². The Morgan fingerprint density at radius 3 is 2.39 bits per heavy atom. The number of hydrogen-bond acceptors (Lipinski definition) is 8. The van der Waals surface area contributed by atoms with Crippen LogP contribution in [-0.4, -0.2) is 42.2 Å². The molecular weight excluding hydrogens is 312 g/mol. The van der Waals surface area contributed by atoms with Gasteiger partial charge in [-0.1, -0.05) is 0 Å². The molecule has 0 fully saturated rings. The highest BCUT2D eigenvalue weighted by molar-refractivity contribution is 6.01. The van der Waals surface area contributed by atoms with Gasteiger partial charge < -0.3 is 19.9 Å². The van der Waals surface area contributed by atoms with E-state index in [1.54, 1.807) is 0 Å².